The SMILES string of the molecule is N#Cc1c[nH]c(-c2nc(-c3cn[nH]n3)no2)c1. The van der Waals surface area contributed by atoms with Crippen LogP contribution in [0, 0.1) is 11.3 Å². The maximum Gasteiger partial charge on any atom is 0.274 e. The minimum atomic E-state index is 0.296. The average Bonchev–Trinajstić information content (AvgIpc) is 3.09. The van der Waals surface area contributed by atoms with Gasteiger partial charge in [0.2, 0.25) is 5.82 Å². The van der Waals surface area contributed by atoms with Crippen LogP contribution in [-0.4, -0.2) is 30.5 Å². The van der Waals surface area contributed by atoms with Crippen molar-refractivity contribution in [3.63, 3.8) is 0 Å². The van der Waals surface area contributed by atoms with E-state index >= 15 is 0 Å². The fraction of sp³-hybridized carbons (Fsp3) is 0. The lowest BCUT2D eigenvalue weighted by molar-refractivity contribution is 0.431. The normalized spacial score (nSPS) is 10.3. The van der Waals surface area contributed by atoms with Crippen molar-refractivity contribution in [2.24, 2.45) is 0 Å². The van der Waals surface area contributed by atoms with Gasteiger partial charge in [0.15, 0.2) is 5.69 Å². The molecule has 0 amide bonds. The number of nitriles is 1. The molecule has 0 aliphatic carbocycles. The highest BCUT2D eigenvalue weighted by Crippen LogP contribution is 2.19. The van der Waals surface area contributed by atoms with Crippen molar-refractivity contribution in [1.82, 2.24) is 30.5 Å². The molecule has 2 N–H and O–H groups in total. The van der Waals surface area contributed by atoms with E-state index < -0.39 is 0 Å². The van der Waals surface area contributed by atoms with Crippen LogP contribution in [0.4, 0.5) is 0 Å². The molecule has 0 aliphatic heterocycles. The predicted octanol–water partition coefficient (Wildman–Crippen LogP) is 0.721. The molecule has 0 atom stereocenters. The van der Waals surface area contributed by atoms with Gasteiger partial charge in [0.05, 0.1) is 11.8 Å². The van der Waals surface area contributed by atoms with E-state index in [1.54, 1.807) is 12.3 Å². The van der Waals surface area contributed by atoms with Crippen molar-refractivity contribution in [2.45, 2.75) is 0 Å². The molecule has 3 rings (SSSR count). The zero-order chi connectivity index (χ0) is 11.7. The summed E-state index contributed by atoms with van der Waals surface area (Å²) in [5.74, 6) is 0.631. The summed E-state index contributed by atoms with van der Waals surface area (Å²) in [7, 11) is 0. The minimum Gasteiger partial charge on any atom is -0.356 e. The molecule has 0 saturated carbocycles. The van der Waals surface area contributed by atoms with E-state index in [1.807, 2.05) is 6.07 Å². The largest absolute Gasteiger partial charge is 0.356 e. The molecule has 0 spiro atoms. The number of hydrogen-bond donors (Lipinski definition) is 2. The van der Waals surface area contributed by atoms with Crippen LogP contribution in [0.2, 0.25) is 0 Å². The van der Waals surface area contributed by atoms with Crippen LogP contribution >= 0.6 is 0 Å². The van der Waals surface area contributed by atoms with Crippen molar-refractivity contribution >= 4 is 0 Å². The smallest absolute Gasteiger partial charge is 0.274 e. The van der Waals surface area contributed by atoms with Crippen molar-refractivity contribution < 1.29 is 4.52 Å². The van der Waals surface area contributed by atoms with Crippen molar-refractivity contribution in [3.05, 3.63) is 24.0 Å². The topological polar surface area (TPSA) is 120 Å². The van der Waals surface area contributed by atoms with Gasteiger partial charge in [-0.15, -0.1) is 0 Å². The average molecular weight is 227 g/mol. The number of rotatable bonds is 2. The minimum absolute atomic E-state index is 0.296. The number of nitrogens with zero attached hydrogens (tertiary/aromatic N) is 5. The second-order valence-corrected chi connectivity index (χ2v) is 3.19. The van der Waals surface area contributed by atoms with Gasteiger partial charge in [-0.3, -0.25) is 0 Å². The van der Waals surface area contributed by atoms with Gasteiger partial charge in [-0.25, -0.2) is 0 Å². The Kier molecular flexibility index (Phi) is 1.95. The molecule has 0 aliphatic rings. The Balaban J connectivity index is 1.98. The van der Waals surface area contributed by atoms with Crippen molar-refractivity contribution in [2.75, 3.05) is 0 Å². The molecule has 0 fully saturated rings. The zero-order valence-corrected chi connectivity index (χ0v) is 8.38. The first kappa shape index (κ1) is 9.29. The van der Waals surface area contributed by atoms with Crippen LogP contribution in [0.1, 0.15) is 5.56 Å². The Morgan fingerprint density at radius 2 is 2.35 bits per heavy atom. The Labute approximate surface area is 94.3 Å². The molecule has 17 heavy (non-hydrogen) atoms. The number of nitrogens with one attached hydrogen (secondary N) is 2. The summed E-state index contributed by atoms with van der Waals surface area (Å²) >= 11 is 0. The maximum atomic E-state index is 8.69. The van der Waals surface area contributed by atoms with Gasteiger partial charge in [0.25, 0.3) is 5.89 Å². The van der Waals surface area contributed by atoms with Crippen LogP contribution in [-0.2, 0) is 0 Å². The van der Waals surface area contributed by atoms with E-state index in [9.17, 15) is 0 Å². The lowest BCUT2D eigenvalue weighted by Crippen LogP contribution is -1.81. The number of aromatic amines is 2. The third-order valence-corrected chi connectivity index (χ3v) is 2.11. The second kappa shape index (κ2) is 3.57. The quantitative estimate of drug-likeness (QED) is 0.665. The van der Waals surface area contributed by atoms with E-state index in [2.05, 4.69) is 30.5 Å². The van der Waals surface area contributed by atoms with Crippen LogP contribution in [0.25, 0.3) is 23.1 Å². The van der Waals surface area contributed by atoms with E-state index in [0.29, 0.717) is 28.7 Å². The number of hydrogen-bond acceptors (Lipinski definition) is 6. The van der Waals surface area contributed by atoms with Crippen LogP contribution in [0.15, 0.2) is 23.0 Å². The van der Waals surface area contributed by atoms with Crippen LogP contribution in [0.3, 0.4) is 0 Å². The molecule has 0 bridgehead atoms. The lowest BCUT2D eigenvalue weighted by Gasteiger charge is -1.83. The Bertz CT molecular complexity index is 672. The lowest BCUT2D eigenvalue weighted by atomic mass is 10.3. The number of H-pyrrole nitrogens is 2. The van der Waals surface area contributed by atoms with Gasteiger partial charge >= 0.3 is 0 Å². The molecule has 0 aromatic carbocycles. The molecule has 3 heterocycles. The highest BCUT2D eigenvalue weighted by molar-refractivity contribution is 5.55. The number of aromatic nitrogens is 6. The maximum absolute atomic E-state index is 8.69. The van der Waals surface area contributed by atoms with E-state index in [4.69, 9.17) is 9.78 Å². The fourth-order valence-electron chi connectivity index (χ4n) is 1.33. The molecule has 8 heteroatoms. The van der Waals surface area contributed by atoms with Gasteiger partial charge in [0, 0.05) is 6.20 Å². The summed E-state index contributed by atoms with van der Waals surface area (Å²) in [5.41, 5.74) is 1.58. The van der Waals surface area contributed by atoms with E-state index in [-0.39, 0.29) is 0 Å². The summed E-state index contributed by atoms with van der Waals surface area (Å²) in [4.78, 5) is 7.00. The second-order valence-electron chi connectivity index (χ2n) is 3.19. The van der Waals surface area contributed by atoms with E-state index in [0.717, 1.165) is 0 Å². The molecule has 8 nitrogen and oxygen atoms in total. The summed E-state index contributed by atoms with van der Waals surface area (Å²) in [6, 6.07) is 3.63. The van der Waals surface area contributed by atoms with Gasteiger partial charge in [0.1, 0.15) is 11.8 Å². The summed E-state index contributed by atoms with van der Waals surface area (Å²) < 4.78 is 5.05. The Hall–Kier alpha value is -2.95. The first-order chi connectivity index (χ1) is 8.36. The van der Waals surface area contributed by atoms with Crippen LogP contribution in [0.5, 0.6) is 0 Å². The highest BCUT2D eigenvalue weighted by Gasteiger charge is 2.13. The summed E-state index contributed by atoms with van der Waals surface area (Å²) in [6.07, 6.45) is 3.05. The Morgan fingerprint density at radius 1 is 1.41 bits per heavy atom. The molecule has 82 valence electrons. The standard InChI is InChI=1S/C9H5N7O/c10-2-5-1-6(11-3-5)9-13-8(15-17-9)7-4-12-16-14-7/h1,3-4,11H,(H,12,14,16). The first-order valence-corrected chi connectivity index (χ1v) is 4.65. The van der Waals surface area contributed by atoms with Gasteiger partial charge in [-0.05, 0) is 6.07 Å². The van der Waals surface area contributed by atoms with Crippen molar-refractivity contribution in [1.29, 1.82) is 5.26 Å². The third kappa shape index (κ3) is 1.55. The zero-order valence-electron chi connectivity index (χ0n) is 8.38. The predicted molar refractivity (Wildman–Crippen MR) is 54.2 cm³/mol. The molecular weight excluding hydrogens is 222 g/mol. The van der Waals surface area contributed by atoms with Crippen molar-refractivity contribution in [3.8, 4) is 29.2 Å². The first-order valence-electron chi connectivity index (χ1n) is 4.65. The molecule has 3 aromatic rings. The molecule has 0 unspecified atom stereocenters. The van der Waals surface area contributed by atoms with E-state index in [1.165, 1.54) is 6.20 Å². The Morgan fingerprint density at radius 3 is 3.06 bits per heavy atom. The van der Waals surface area contributed by atoms with Gasteiger partial charge < -0.3 is 9.51 Å². The highest BCUT2D eigenvalue weighted by atomic mass is 16.5. The van der Waals surface area contributed by atoms with Gasteiger partial charge in [-0.2, -0.15) is 25.7 Å². The third-order valence-electron chi connectivity index (χ3n) is 2.11. The summed E-state index contributed by atoms with van der Waals surface area (Å²) in [5, 5.41) is 22.4. The monoisotopic (exact) mass is 227 g/mol. The molecular formula is C9H5N7O. The molecule has 0 radical (unpaired) electrons. The van der Waals surface area contributed by atoms with Crippen LogP contribution < -0.4 is 0 Å². The van der Waals surface area contributed by atoms with Gasteiger partial charge in [-0.1, -0.05) is 5.16 Å². The fourth-order valence-corrected chi connectivity index (χ4v) is 1.33. The molecule has 3 aromatic heterocycles. The summed E-state index contributed by atoms with van der Waals surface area (Å²) in [6.45, 7) is 0. The molecule has 0 saturated heterocycles.